The van der Waals surface area contributed by atoms with Gasteiger partial charge in [-0.2, -0.15) is 0 Å². The van der Waals surface area contributed by atoms with Crippen LogP contribution in [-0.4, -0.2) is 39.5 Å². The lowest BCUT2D eigenvalue weighted by Gasteiger charge is -2.21. The Bertz CT molecular complexity index is 1080. The summed E-state index contributed by atoms with van der Waals surface area (Å²) in [5.74, 6) is -1.78. The summed E-state index contributed by atoms with van der Waals surface area (Å²) in [5.41, 5.74) is 2.00. The van der Waals surface area contributed by atoms with Crippen LogP contribution < -0.4 is 5.32 Å². The zero-order chi connectivity index (χ0) is 22.2. The van der Waals surface area contributed by atoms with Crippen molar-refractivity contribution in [1.82, 2.24) is 5.32 Å². The summed E-state index contributed by atoms with van der Waals surface area (Å²) in [6, 6.07) is 20.5. The van der Waals surface area contributed by atoms with Crippen molar-refractivity contribution >= 4 is 23.8 Å². The highest BCUT2D eigenvalue weighted by atomic mass is 16.4. The SMILES string of the molecule is O=C(Cc1ccccc1)N[C@@H](C(=O)O)[C@@H](O)c1cccc(N=Cc2ccccc2O)c1. The van der Waals surface area contributed by atoms with Crippen LogP contribution >= 0.6 is 0 Å². The first-order valence-corrected chi connectivity index (χ1v) is 9.60. The van der Waals surface area contributed by atoms with Gasteiger partial charge in [0.1, 0.15) is 11.9 Å². The van der Waals surface area contributed by atoms with Gasteiger partial charge in [0, 0.05) is 11.8 Å². The molecule has 0 aromatic heterocycles. The Morgan fingerprint density at radius 2 is 1.68 bits per heavy atom. The number of phenolic OH excluding ortho intramolecular Hbond substituents is 1. The maximum absolute atomic E-state index is 12.3. The predicted octanol–water partition coefficient (Wildman–Crippen LogP) is 2.99. The van der Waals surface area contributed by atoms with E-state index < -0.39 is 24.0 Å². The van der Waals surface area contributed by atoms with E-state index in [1.165, 1.54) is 18.3 Å². The molecular weight excluding hydrogens is 396 g/mol. The number of carbonyl (C=O) groups is 2. The largest absolute Gasteiger partial charge is 0.507 e. The zero-order valence-corrected chi connectivity index (χ0v) is 16.6. The number of rotatable bonds is 8. The van der Waals surface area contributed by atoms with Gasteiger partial charge in [-0.1, -0.05) is 54.6 Å². The number of hydrogen-bond acceptors (Lipinski definition) is 5. The van der Waals surface area contributed by atoms with Crippen LogP contribution in [0.1, 0.15) is 22.8 Å². The molecule has 0 fully saturated rings. The summed E-state index contributed by atoms with van der Waals surface area (Å²) < 4.78 is 0. The minimum absolute atomic E-state index is 0.00222. The molecule has 0 aliphatic carbocycles. The molecule has 0 heterocycles. The topological polar surface area (TPSA) is 119 Å². The van der Waals surface area contributed by atoms with Crippen molar-refractivity contribution in [2.75, 3.05) is 0 Å². The number of aromatic hydroxyl groups is 1. The van der Waals surface area contributed by atoms with E-state index in [0.717, 1.165) is 5.56 Å². The number of amides is 1. The maximum Gasteiger partial charge on any atom is 0.329 e. The number of aliphatic hydroxyl groups excluding tert-OH is 1. The van der Waals surface area contributed by atoms with Gasteiger partial charge in [-0.3, -0.25) is 9.79 Å². The van der Waals surface area contributed by atoms with E-state index in [-0.39, 0.29) is 12.2 Å². The summed E-state index contributed by atoms with van der Waals surface area (Å²) in [7, 11) is 0. The molecule has 0 radical (unpaired) electrons. The molecule has 0 unspecified atom stereocenters. The lowest BCUT2D eigenvalue weighted by Crippen LogP contribution is -2.45. The van der Waals surface area contributed by atoms with Crippen molar-refractivity contribution < 1.29 is 24.9 Å². The summed E-state index contributed by atoms with van der Waals surface area (Å²) in [5, 5.41) is 32.4. The minimum atomic E-state index is -1.52. The first-order chi connectivity index (χ1) is 14.9. The van der Waals surface area contributed by atoms with E-state index in [4.69, 9.17) is 0 Å². The summed E-state index contributed by atoms with van der Waals surface area (Å²) in [4.78, 5) is 28.3. The molecule has 3 aromatic rings. The fraction of sp³-hybridized carbons (Fsp3) is 0.125. The lowest BCUT2D eigenvalue weighted by atomic mass is 10.0. The lowest BCUT2D eigenvalue weighted by molar-refractivity contribution is -0.145. The van der Waals surface area contributed by atoms with Gasteiger partial charge in [0.25, 0.3) is 0 Å². The van der Waals surface area contributed by atoms with Crippen LogP contribution in [-0.2, 0) is 16.0 Å². The average molecular weight is 418 g/mol. The number of nitrogens with one attached hydrogen (secondary N) is 1. The molecule has 0 bridgehead atoms. The third-order valence-corrected chi connectivity index (χ3v) is 4.61. The zero-order valence-electron chi connectivity index (χ0n) is 16.6. The Hall–Kier alpha value is -3.97. The van der Waals surface area contributed by atoms with Gasteiger partial charge in [0.05, 0.1) is 12.1 Å². The Balaban J connectivity index is 1.74. The molecule has 31 heavy (non-hydrogen) atoms. The van der Waals surface area contributed by atoms with Crippen molar-refractivity contribution in [2.45, 2.75) is 18.6 Å². The monoisotopic (exact) mass is 418 g/mol. The average Bonchev–Trinajstić information content (AvgIpc) is 2.77. The second-order valence-corrected chi connectivity index (χ2v) is 6.90. The molecule has 2 atom stereocenters. The predicted molar refractivity (Wildman–Crippen MR) is 116 cm³/mol. The number of carbonyl (C=O) groups excluding carboxylic acids is 1. The standard InChI is InChI=1S/C24H22N2O5/c27-20-12-5-4-9-18(20)15-25-19-11-6-10-17(14-19)23(29)22(24(30)31)26-21(28)13-16-7-2-1-3-8-16/h1-12,14-15,22-23,27,29H,13H2,(H,26,28)(H,30,31)/t22-,23+/m1/s1. The fourth-order valence-corrected chi connectivity index (χ4v) is 3.00. The van der Waals surface area contributed by atoms with Crippen molar-refractivity contribution in [3.63, 3.8) is 0 Å². The molecule has 0 aliphatic rings. The van der Waals surface area contributed by atoms with Gasteiger partial charge in [0.15, 0.2) is 6.04 Å². The number of benzene rings is 3. The smallest absolute Gasteiger partial charge is 0.329 e. The number of carboxylic acid groups (broad SMARTS) is 1. The van der Waals surface area contributed by atoms with Crippen LogP contribution in [0.15, 0.2) is 83.9 Å². The molecule has 0 spiro atoms. The first-order valence-electron chi connectivity index (χ1n) is 9.60. The molecule has 0 saturated heterocycles. The van der Waals surface area contributed by atoms with Gasteiger partial charge in [-0.05, 0) is 35.4 Å². The molecule has 3 aromatic carbocycles. The number of aliphatic imine (C=N–C) groups is 1. The highest BCUT2D eigenvalue weighted by Gasteiger charge is 2.29. The first kappa shape index (κ1) is 21.7. The maximum atomic E-state index is 12.3. The third-order valence-electron chi connectivity index (χ3n) is 4.61. The second kappa shape index (κ2) is 10.2. The van der Waals surface area contributed by atoms with Gasteiger partial charge < -0.3 is 20.6 Å². The van der Waals surface area contributed by atoms with Crippen LogP contribution in [0.25, 0.3) is 0 Å². The summed E-state index contributed by atoms with van der Waals surface area (Å²) in [6.07, 6.45) is -0.00292. The molecule has 0 aliphatic heterocycles. The molecule has 0 saturated carbocycles. The van der Waals surface area contributed by atoms with Crippen molar-refractivity contribution in [3.05, 3.63) is 95.6 Å². The van der Waals surface area contributed by atoms with E-state index in [0.29, 0.717) is 16.8 Å². The summed E-state index contributed by atoms with van der Waals surface area (Å²) >= 11 is 0. The van der Waals surface area contributed by atoms with Gasteiger partial charge in [0.2, 0.25) is 5.91 Å². The number of hydrogen-bond donors (Lipinski definition) is 4. The van der Waals surface area contributed by atoms with Crippen LogP contribution in [0, 0.1) is 0 Å². The number of aliphatic hydroxyl groups is 1. The molecule has 7 heteroatoms. The van der Waals surface area contributed by atoms with Crippen molar-refractivity contribution in [3.8, 4) is 5.75 Å². The fourth-order valence-electron chi connectivity index (χ4n) is 3.00. The highest BCUT2D eigenvalue weighted by molar-refractivity contribution is 5.86. The molecular formula is C24H22N2O5. The Kier molecular flexibility index (Phi) is 7.13. The van der Waals surface area contributed by atoms with Crippen molar-refractivity contribution in [1.29, 1.82) is 0 Å². The number of phenols is 1. The summed E-state index contributed by atoms with van der Waals surface area (Å²) in [6.45, 7) is 0. The Labute approximate surface area is 179 Å². The van der Waals surface area contributed by atoms with Crippen LogP contribution in [0.5, 0.6) is 5.75 Å². The molecule has 158 valence electrons. The molecule has 7 nitrogen and oxygen atoms in total. The molecule has 3 rings (SSSR count). The van der Waals surface area contributed by atoms with Crippen LogP contribution in [0.4, 0.5) is 5.69 Å². The Morgan fingerprint density at radius 1 is 0.968 bits per heavy atom. The minimum Gasteiger partial charge on any atom is -0.507 e. The highest BCUT2D eigenvalue weighted by Crippen LogP contribution is 2.23. The van der Waals surface area contributed by atoms with E-state index >= 15 is 0 Å². The second-order valence-electron chi connectivity index (χ2n) is 6.90. The van der Waals surface area contributed by atoms with Crippen molar-refractivity contribution in [2.24, 2.45) is 4.99 Å². The number of nitrogens with zero attached hydrogens (tertiary/aromatic N) is 1. The normalized spacial score (nSPS) is 12.9. The Morgan fingerprint density at radius 3 is 2.39 bits per heavy atom. The van der Waals surface area contributed by atoms with E-state index in [9.17, 15) is 24.9 Å². The quantitative estimate of drug-likeness (QED) is 0.419. The van der Waals surface area contributed by atoms with Gasteiger partial charge in [-0.25, -0.2) is 4.79 Å². The number of para-hydroxylation sites is 1. The van der Waals surface area contributed by atoms with Crippen LogP contribution in [0.2, 0.25) is 0 Å². The van der Waals surface area contributed by atoms with Gasteiger partial charge >= 0.3 is 5.97 Å². The van der Waals surface area contributed by atoms with E-state index in [1.807, 2.05) is 6.07 Å². The van der Waals surface area contributed by atoms with Gasteiger partial charge in [-0.15, -0.1) is 0 Å². The molecule has 4 N–H and O–H groups in total. The van der Waals surface area contributed by atoms with Crippen LogP contribution in [0.3, 0.4) is 0 Å². The third kappa shape index (κ3) is 6.01. The molecule has 1 amide bonds. The van der Waals surface area contributed by atoms with E-state index in [2.05, 4.69) is 10.3 Å². The number of aliphatic carboxylic acids is 1. The number of carboxylic acids is 1. The van der Waals surface area contributed by atoms with E-state index in [1.54, 1.807) is 60.7 Å².